The molecule has 0 spiro atoms. The van der Waals surface area contributed by atoms with Crippen LogP contribution in [-0.4, -0.2) is 47.8 Å². The smallest absolute Gasteiger partial charge is 0.258 e. The van der Waals surface area contributed by atoms with Crippen molar-refractivity contribution in [2.45, 2.75) is 0 Å². The fourth-order valence-corrected chi connectivity index (χ4v) is 3.02. The molecule has 25 heavy (non-hydrogen) atoms. The zero-order chi connectivity index (χ0) is 18.0. The van der Waals surface area contributed by atoms with Gasteiger partial charge in [-0.3, -0.25) is 9.59 Å². The van der Waals surface area contributed by atoms with Crippen LogP contribution < -0.4 is 0 Å². The summed E-state index contributed by atoms with van der Waals surface area (Å²) in [5, 5.41) is 0.0508. The summed E-state index contributed by atoms with van der Waals surface area (Å²) in [5.41, 5.74) is -0.169. The number of nitrogens with zero attached hydrogens (tertiary/aromatic N) is 2. The molecule has 1 heterocycles. The molecule has 130 valence electrons. The lowest BCUT2D eigenvalue weighted by molar-refractivity contribution is 0.0530. The number of rotatable bonds is 2. The topological polar surface area (TPSA) is 40.6 Å². The Morgan fingerprint density at radius 2 is 1.36 bits per heavy atom. The number of halogens is 3. The van der Waals surface area contributed by atoms with Crippen LogP contribution in [0.3, 0.4) is 0 Å². The summed E-state index contributed by atoms with van der Waals surface area (Å²) >= 11 is 5.93. The van der Waals surface area contributed by atoms with Crippen LogP contribution in [0.25, 0.3) is 0 Å². The predicted octanol–water partition coefficient (Wildman–Crippen LogP) is 3.22. The van der Waals surface area contributed by atoms with Crippen LogP contribution in [-0.2, 0) is 0 Å². The molecule has 2 aromatic rings. The summed E-state index contributed by atoms with van der Waals surface area (Å²) in [4.78, 5) is 27.8. The molecule has 1 aliphatic rings. The van der Waals surface area contributed by atoms with E-state index in [0.717, 1.165) is 0 Å². The Morgan fingerprint density at radius 3 is 1.96 bits per heavy atom. The van der Waals surface area contributed by atoms with Crippen LogP contribution in [0.5, 0.6) is 0 Å². The number of hydrogen-bond acceptors (Lipinski definition) is 2. The largest absolute Gasteiger partial charge is 0.335 e. The van der Waals surface area contributed by atoms with Crippen LogP contribution in [0.4, 0.5) is 8.78 Å². The van der Waals surface area contributed by atoms with Crippen molar-refractivity contribution < 1.29 is 18.4 Å². The van der Waals surface area contributed by atoms with Gasteiger partial charge in [-0.05, 0) is 24.3 Å². The number of amides is 2. The van der Waals surface area contributed by atoms with Gasteiger partial charge in [-0.15, -0.1) is 0 Å². The van der Waals surface area contributed by atoms with Gasteiger partial charge in [-0.25, -0.2) is 8.78 Å². The first-order valence-electron chi connectivity index (χ1n) is 7.76. The molecule has 1 fully saturated rings. The molecule has 1 saturated heterocycles. The molecule has 7 heteroatoms. The van der Waals surface area contributed by atoms with Crippen molar-refractivity contribution in [3.05, 3.63) is 70.2 Å². The van der Waals surface area contributed by atoms with Gasteiger partial charge in [0.1, 0.15) is 11.6 Å². The lowest BCUT2D eigenvalue weighted by Gasteiger charge is -2.35. The molecular formula is C18H15ClF2N2O2. The van der Waals surface area contributed by atoms with Crippen molar-refractivity contribution in [3.63, 3.8) is 0 Å². The summed E-state index contributed by atoms with van der Waals surface area (Å²) in [6.45, 7) is 0.934. The summed E-state index contributed by atoms with van der Waals surface area (Å²) in [6.07, 6.45) is 0. The van der Waals surface area contributed by atoms with E-state index in [0.29, 0.717) is 0 Å². The highest BCUT2D eigenvalue weighted by molar-refractivity contribution is 6.33. The minimum absolute atomic E-state index is 0.000533. The van der Waals surface area contributed by atoms with E-state index >= 15 is 0 Å². The lowest BCUT2D eigenvalue weighted by atomic mass is 10.1. The van der Waals surface area contributed by atoms with Gasteiger partial charge in [0.2, 0.25) is 0 Å². The van der Waals surface area contributed by atoms with Gasteiger partial charge in [0.25, 0.3) is 11.8 Å². The second-order valence-electron chi connectivity index (χ2n) is 5.66. The SMILES string of the molecule is O=C(c1ccccc1F)N1CCN(C(=O)c2c(F)cccc2Cl)CC1. The van der Waals surface area contributed by atoms with Gasteiger partial charge < -0.3 is 9.80 Å². The predicted molar refractivity (Wildman–Crippen MR) is 89.6 cm³/mol. The Kier molecular flexibility index (Phi) is 4.99. The van der Waals surface area contributed by atoms with E-state index in [-0.39, 0.29) is 42.3 Å². The first-order chi connectivity index (χ1) is 12.0. The number of piperazine rings is 1. The highest BCUT2D eigenvalue weighted by Crippen LogP contribution is 2.22. The van der Waals surface area contributed by atoms with Gasteiger partial charge in [-0.1, -0.05) is 29.8 Å². The Bertz CT molecular complexity index is 800. The number of benzene rings is 2. The molecule has 0 aliphatic carbocycles. The quantitative estimate of drug-likeness (QED) is 0.821. The third-order valence-corrected chi connectivity index (χ3v) is 4.45. The molecule has 0 atom stereocenters. The van der Waals surface area contributed by atoms with Gasteiger partial charge in [0, 0.05) is 26.2 Å². The van der Waals surface area contributed by atoms with Crippen molar-refractivity contribution in [2.75, 3.05) is 26.2 Å². The Labute approximate surface area is 148 Å². The lowest BCUT2D eigenvalue weighted by Crippen LogP contribution is -2.50. The fraction of sp³-hybridized carbons (Fsp3) is 0.222. The molecular weight excluding hydrogens is 350 g/mol. The van der Waals surface area contributed by atoms with Gasteiger partial charge >= 0.3 is 0 Å². The molecule has 0 saturated carbocycles. The Morgan fingerprint density at radius 1 is 0.800 bits per heavy atom. The van der Waals surface area contributed by atoms with E-state index in [9.17, 15) is 18.4 Å². The van der Waals surface area contributed by atoms with Crippen molar-refractivity contribution in [2.24, 2.45) is 0 Å². The number of carbonyl (C=O) groups is 2. The van der Waals surface area contributed by atoms with Gasteiger partial charge in [0.05, 0.1) is 16.1 Å². The van der Waals surface area contributed by atoms with Crippen molar-refractivity contribution in [3.8, 4) is 0 Å². The molecule has 3 rings (SSSR count). The first kappa shape index (κ1) is 17.4. The maximum Gasteiger partial charge on any atom is 0.258 e. The average molecular weight is 365 g/mol. The number of carbonyl (C=O) groups excluding carboxylic acids is 2. The monoisotopic (exact) mass is 364 g/mol. The summed E-state index contributed by atoms with van der Waals surface area (Å²) in [7, 11) is 0. The summed E-state index contributed by atoms with van der Waals surface area (Å²) < 4.78 is 27.6. The van der Waals surface area contributed by atoms with Crippen LogP contribution in [0, 0.1) is 11.6 Å². The van der Waals surface area contributed by atoms with Crippen molar-refractivity contribution in [1.29, 1.82) is 0 Å². The molecule has 0 N–H and O–H groups in total. The minimum atomic E-state index is -0.678. The van der Waals surface area contributed by atoms with Crippen molar-refractivity contribution in [1.82, 2.24) is 9.80 Å². The maximum absolute atomic E-state index is 13.9. The van der Waals surface area contributed by atoms with E-state index in [4.69, 9.17) is 11.6 Å². The summed E-state index contributed by atoms with van der Waals surface area (Å²) in [5.74, 6) is -2.19. The third kappa shape index (κ3) is 3.49. The van der Waals surface area contributed by atoms with Crippen LogP contribution in [0.1, 0.15) is 20.7 Å². The number of hydrogen-bond donors (Lipinski definition) is 0. The third-order valence-electron chi connectivity index (χ3n) is 4.13. The summed E-state index contributed by atoms with van der Waals surface area (Å²) in [6, 6.07) is 9.82. The molecule has 0 radical (unpaired) electrons. The van der Waals surface area contributed by atoms with Crippen molar-refractivity contribution >= 4 is 23.4 Å². The second kappa shape index (κ2) is 7.19. The standard InChI is InChI=1S/C18H15ClF2N2O2/c19-13-5-3-7-15(21)16(13)18(25)23-10-8-22(9-11-23)17(24)12-4-1-2-6-14(12)20/h1-7H,8-11H2. The maximum atomic E-state index is 13.9. The molecule has 0 bridgehead atoms. The Balaban J connectivity index is 1.69. The molecule has 0 aromatic heterocycles. The van der Waals surface area contributed by atoms with E-state index in [1.165, 1.54) is 46.2 Å². The zero-order valence-corrected chi connectivity index (χ0v) is 14.0. The molecule has 2 amide bonds. The second-order valence-corrected chi connectivity index (χ2v) is 6.07. The van der Waals surface area contributed by atoms with Gasteiger partial charge in [0.15, 0.2) is 0 Å². The molecule has 1 aliphatic heterocycles. The minimum Gasteiger partial charge on any atom is -0.335 e. The molecule has 4 nitrogen and oxygen atoms in total. The zero-order valence-electron chi connectivity index (χ0n) is 13.2. The highest BCUT2D eigenvalue weighted by Gasteiger charge is 2.28. The van der Waals surface area contributed by atoms with Crippen LogP contribution >= 0.6 is 11.6 Å². The van der Waals surface area contributed by atoms with E-state index < -0.39 is 23.4 Å². The average Bonchev–Trinajstić information content (AvgIpc) is 2.61. The van der Waals surface area contributed by atoms with Crippen LogP contribution in [0.2, 0.25) is 5.02 Å². The van der Waals surface area contributed by atoms with E-state index in [1.807, 2.05) is 0 Å². The van der Waals surface area contributed by atoms with Crippen LogP contribution in [0.15, 0.2) is 42.5 Å². The molecule has 2 aromatic carbocycles. The van der Waals surface area contributed by atoms with E-state index in [1.54, 1.807) is 6.07 Å². The van der Waals surface area contributed by atoms with E-state index in [2.05, 4.69) is 0 Å². The Hall–Kier alpha value is -2.47. The molecule has 0 unspecified atom stereocenters. The fourth-order valence-electron chi connectivity index (χ4n) is 2.78. The normalized spacial score (nSPS) is 14.5. The first-order valence-corrected chi connectivity index (χ1v) is 8.14. The highest BCUT2D eigenvalue weighted by atomic mass is 35.5. The van der Waals surface area contributed by atoms with Gasteiger partial charge in [-0.2, -0.15) is 0 Å².